The van der Waals surface area contributed by atoms with Crippen molar-refractivity contribution in [3.8, 4) is 5.75 Å². The third-order valence-corrected chi connectivity index (χ3v) is 5.00. The minimum absolute atomic E-state index is 0. The highest BCUT2D eigenvalue weighted by atomic mass is 127. The van der Waals surface area contributed by atoms with Gasteiger partial charge in [-0.2, -0.15) is 0 Å². The number of thiazole rings is 1. The fourth-order valence-electron chi connectivity index (χ4n) is 2.40. The quantitative estimate of drug-likeness (QED) is 0.206. The molecule has 0 unspecified atom stereocenters. The summed E-state index contributed by atoms with van der Waals surface area (Å²) in [7, 11) is 1.67. The van der Waals surface area contributed by atoms with Crippen molar-refractivity contribution >= 4 is 41.3 Å². The molecule has 0 atom stereocenters. The van der Waals surface area contributed by atoms with Gasteiger partial charge in [0.05, 0.1) is 18.2 Å². The summed E-state index contributed by atoms with van der Waals surface area (Å²) < 4.78 is 10.7. The van der Waals surface area contributed by atoms with Crippen LogP contribution in [0.4, 0.5) is 0 Å². The van der Waals surface area contributed by atoms with Crippen molar-refractivity contribution in [2.24, 2.45) is 4.99 Å². The number of aliphatic imine (C=N–C) groups is 1. The zero-order chi connectivity index (χ0) is 19.3. The lowest BCUT2D eigenvalue weighted by molar-refractivity contribution is 0.146. The van der Waals surface area contributed by atoms with Crippen LogP contribution in [0.2, 0.25) is 0 Å². The number of halogens is 1. The number of aromatic nitrogens is 1. The summed E-state index contributed by atoms with van der Waals surface area (Å²) in [5, 5.41) is 7.83. The summed E-state index contributed by atoms with van der Waals surface area (Å²) in [5.41, 5.74) is 1.11. The lowest BCUT2D eigenvalue weighted by Crippen LogP contribution is -2.38. The molecular weight excluding hydrogens is 487 g/mol. The molecule has 28 heavy (non-hydrogen) atoms. The average Bonchev–Trinajstić information content (AvgIpc) is 3.15. The lowest BCUT2D eigenvalue weighted by Gasteiger charge is -2.11. The van der Waals surface area contributed by atoms with Crippen molar-refractivity contribution in [1.82, 2.24) is 15.6 Å². The number of nitrogens with zero attached hydrogens (tertiary/aromatic N) is 2. The molecule has 0 spiro atoms. The van der Waals surface area contributed by atoms with Crippen LogP contribution in [-0.2, 0) is 24.1 Å². The smallest absolute Gasteiger partial charge is 0.191 e. The van der Waals surface area contributed by atoms with Crippen LogP contribution < -0.4 is 15.4 Å². The molecule has 156 valence electrons. The van der Waals surface area contributed by atoms with E-state index in [-0.39, 0.29) is 24.0 Å². The standard InChI is InChI=1S/C20H30N4O2S.HI/c1-4-18-15-23-19(27-18)9-10-22-20(21-5-2)24-14-16-7-6-8-17(13-16)26-12-11-25-3;/h6-8,13,15H,4-5,9-12,14H2,1-3H3,(H2,21,22,24);1H. The van der Waals surface area contributed by atoms with Crippen molar-refractivity contribution < 1.29 is 9.47 Å². The van der Waals surface area contributed by atoms with Gasteiger partial charge in [-0.05, 0) is 31.0 Å². The number of nitrogens with one attached hydrogen (secondary N) is 2. The van der Waals surface area contributed by atoms with Gasteiger partial charge in [-0.1, -0.05) is 19.1 Å². The summed E-state index contributed by atoms with van der Waals surface area (Å²) in [6.07, 6.45) is 3.92. The highest BCUT2D eigenvalue weighted by Gasteiger charge is 2.03. The SMILES string of the molecule is CCNC(=NCc1cccc(OCCOC)c1)NCCc1ncc(CC)s1.I. The van der Waals surface area contributed by atoms with Crippen LogP contribution in [0.15, 0.2) is 35.5 Å². The van der Waals surface area contributed by atoms with E-state index < -0.39 is 0 Å². The molecule has 0 radical (unpaired) electrons. The van der Waals surface area contributed by atoms with Gasteiger partial charge in [0.15, 0.2) is 5.96 Å². The Hall–Kier alpha value is -1.39. The first kappa shape index (κ1) is 24.6. The number of hydrogen-bond acceptors (Lipinski definition) is 5. The van der Waals surface area contributed by atoms with Crippen LogP contribution in [0.3, 0.4) is 0 Å². The summed E-state index contributed by atoms with van der Waals surface area (Å²) >= 11 is 1.78. The Balaban J connectivity index is 0.00000392. The minimum Gasteiger partial charge on any atom is -0.491 e. The molecule has 0 saturated carbocycles. The third kappa shape index (κ3) is 9.20. The molecule has 1 heterocycles. The maximum absolute atomic E-state index is 5.66. The lowest BCUT2D eigenvalue weighted by atomic mass is 10.2. The van der Waals surface area contributed by atoms with Gasteiger partial charge in [0.1, 0.15) is 12.4 Å². The van der Waals surface area contributed by atoms with Crippen LogP contribution in [0, 0.1) is 0 Å². The molecule has 0 aliphatic heterocycles. The highest BCUT2D eigenvalue weighted by Crippen LogP contribution is 2.14. The first-order chi connectivity index (χ1) is 13.2. The van der Waals surface area contributed by atoms with Crippen LogP contribution >= 0.6 is 35.3 Å². The van der Waals surface area contributed by atoms with E-state index in [9.17, 15) is 0 Å². The number of guanidine groups is 1. The van der Waals surface area contributed by atoms with Gasteiger partial charge in [-0.25, -0.2) is 9.98 Å². The Morgan fingerprint density at radius 2 is 2.07 bits per heavy atom. The van der Waals surface area contributed by atoms with Crippen molar-refractivity contribution in [3.05, 3.63) is 45.9 Å². The fourth-order valence-corrected chi connectivity index (χ4v) is 3.27. The maximum Gasteiger partial charge on any atom is 0.191 e. The zero-order valence-electron chi connectivity index (χ0n) is 16.9. The highest BCUT2D eigenvalue weighted by molar-refractivity contribution is 14.0. The molecule has 2 N–H and O–H groups in total. The molecule has 0 amide bonds. The predicted octanol–water partition coefficient (Wildman–Crippen LogP) is 3.65. The van der Waals surface area contributed by atoms with Crippen LogP contribution in [0.25, 0.3) is 0 Å². The Morgan fingerprint density at radius 3 is 2.79 bits per heavy atom. The number of methoxy groups -OCH3 is 1. The monoisotopic (exact) mass is 518 g/mol. The van der Waals surface area contributed by atoms with E-state index >= 15 is 0 Å². The second-order valence-electron chi connectivity index (χ2n) is 5.93. The fraction of sp³-hybridized carbons (Fsp3) is 0.500. The Bertz CT molecular complexity index is 709. The normalized spacial score (nSPS) is 11.0. The second kappa shape index (κ2) is 14.6. The molecular formula is C20H31IN4O2S. The number of hydrogen-bond donors (Lipinski definition) is 2. The number of rotatable bonds is 11. The first-order valence-corrected chi connectivity index (χ1v) is 10.2. The summed E-state index contributed by atoms with van der Waals surface area (Å²) in [6.45, 7) is 7.57. The molecule has 1 aromatic heterocycles. The van der Waals surface area contributed by atoms with E-state index in [1.54, 1.807) is 18.4 Å². The van der Waals surface area contributed by atoms with Crippen molar-refractivity contribution in [3.63, 3.8) is 0 Å². The zero-order valence-corrected chi connectivity index (χ0v) is 20.0. The number of ether oxygens (including phenoxy) is 2. The summed E-state index contributed by atoms with van der Waals surface area (Å²) in [6, 6.07) is 8.01. The van der Waals surface area contributed by atoms with Crippen molar-refractivity contribution in [2.45, 2.75) is 33.2 Å². The van der Waals surface area contributed by atoms with Crippen LogP contribution in [-0.4, -0.2) is 44.4 Å². The van der Waals surface area contributed by atoms with E-state index in [0.717, 1.165) is 48.2 Å². The molecule has 0 saturated heterocycles. The molecule has 1 aromatic carbocycles. The van der Waals surface area contributed by atoms with E-state index in [1.807, 2.05) is 24.4 Å². The summed E-state index contributed by atoms with van der Waals surface area (Å²) in [5.74, 6) is 1.66. The largest absolute Gasteiger partial charge is 0.491 e. The maximum atomic E-state index is 5.66. The van der Waals surface area contributed by atoms with E-state index in [0.29, 0.717) is 19.8 Å². The Kier molecular flexibility index (Phi) is 12.8. The molecule has 0 aliphatic carbocycles. The molecule has 6 nitrogen and oxygen atoms in total. The molecule has 8 heteroatoms. The van der Waals surface area contributed by atoms with E-state index in [1.165, 1.54) is 4.88 Å². The van der Waals surface area contributed by atoms with Gasteiger partial charge in [-0.3, -0.25) is 0 Å². The van der Waals surface area contributed by atoms with E-state index in [2.05, 4.69) is 40.5 Å². The Morgan fingerprint density at radius 1 is 1.21 bits per heavy atom. The predicted molar refractivity (Wildman–Crippen MR) is 127 cm³/mol. The second-order valence-corrected chi connectivity index (χ2v) is 7.13. The Labute approximate surface area is 189 Å². The van der Waals surface area contributed by atoms with Gasteiger partial charge in [0, 0.05) is 37.7 Å². The number of aryl methyl sites for hydroxylation is 1. The molecule has 2 aromatic rings. The summed E-state index contributed by atoms with van der Waals surface area (Å²) in [4.78, 5) is 10.5. The molecule has 0 fully saturated rings. The van der Waals surface area contributed by atoms with Crippen molar-refractivity contribution in [1.29, 1.82) is 0 Å². The molecule has 0 aliphatic rings. The topological polar surface area (TPSA) is 67.8 Å². The van der Waals surface area contributed by atoms with Crippen molar-refractivity contribution in [2.75, 3.05) is 33.4 Å². The van der Waals surface area contributed by atoms with E-state index in [4.69, 9.17) is 9.47 Å². The number of benzene rings is 1. The van der Waals surface area contributed by atoms with Gasteiger partial charge in [-0.15, -0.1) is 35.3 Å². The van der Waals surface area contributed by atoms with Gasteiger partial charge in [0.2, 0.25) is 0 Å². The average molecular weight is 518 g/mol. The molecule has 0 bridgehead atoms. The minimum atomic E-state index is 0. The first-order valence-electron chi connectivity index (χ1n) is 9.41. The van der Waals surface area contributed by atoms with Gasteiger partial charge >= 0.3 is 0 Å². The van der Waals surface area contributed by atoms with Crippen LogP contribution in [0.1, 0.15) is 29.3 Å². The molecule has 2 rings (SSSR count). The van der Waals surface area contributed by atoms with Gasteiger partial charge in [0.25, 0.3) is 0 Å². The third-order valence-electron chi connectivity index (χ3n) is 3.80. The van der Waals surface area contributed by atoms with Gasteiger partial charge < -0.3 is 20.1 Å². The van der Waals surface area contributed by atoms with Crippen LogP contribution in [0.5, 0.6) is 5.75 Å².